The van der Waals surface area contributed by atoms with Crippen LogP contribution >= 0.6 is 0 Å². The van der Waals surface area contributed by atoms with Crippen molar-refractivity contribution in [3.63, 3.8) is 0 Å². The molecule has 0 aliphatic heterocycles. The zero-order chi connectivity index (χ0) is 14.9. The maximum absolute atomic E-state index is 13.5. The zero-order valence-corrected chi connectivity index (χ0v) is 10.7. The van der Waals surface area contributed by atoms with Gasteiger partial charge in [-0.05, 0) is 24.3 Å². The number of hydrogen-bond donors (Lipinski definition) is 2. The highest BCUT2D eigenvalue weighted by molar-refractivity contribution is 7.92. The van der Waals surface area contributed by atoms with Gasteiger partial charge in [-0.1, -0.05) is 12.1 Å². The Morgan fingerprint density at radius 2 is 1.60 bits per heavy atom. The van der Waals surface area contributed by atoms with E-state index in [-0.39, 0.29) is 11.4 Å². The summed E-state index contributed by atoms with van der Waals surface area (Å²) in [6, 6.07) is 7.03. The summed E-state index contributed by atoms with van der Waals surface area (Å²) in [5.41, 5.74) is 5.66. The Morgan fingerprint density at radius 3 is 2.25 bits per heavy atom. The van der Waals surface area contributed by atoms with Crippen LogP contribution in [0, 0.1) is 17.5 Å². The number of para-hydroxylation sites is 2. The highest BCUT2D eigenvalue weighted by atomic mass is 32.2. The van der Waals surface area contributed by atoms with Gasteiger partial charge in [0.1, 0.15) is 4.90 Å². The van der Waals surface area contributed by atoms with Gasteiger partial charge < -0.3 is 5.73 Å². The fourth-order valence-electron chi connectivity index (χ4n) is 1.51. The molecule has 0 aliphatic carbocycles. The Balaban J connectivity index is 2.47. The van der Waals surface area contributed by atoms with E-state index < -0.39 is 32.4 Å². The molecule has 4 nitrogen and oxygen atoms in total. The van der Waals surface area contributed by atoms with Crippen LogP contribution in [0.4, 0.5) is 24.5 Å². The van der Waals surface area contributed by atoms with Gasteiger partial charge in [0.15, 0.2) is 17.5 Å². The van der Waals surface area contributed by atoms with Crippen molar-refractivity contribution in [1.82, 2.24) is 0 Å². The Labute approximate surface area is 113 Å². The van der Waals surface area contributed by atoms with Gasteiger partial charge in [0, 0.05) is 0 Å². The summed E-state index contributed by atoms with van der Waals surface area (Å²) in [6.45, 7) is 0. The quantitative estimate of drug-likeness (QED) is 0.676. The highest BCUT2D eigenvalue weighted by Gasteiger charge is 2.24. The van der Waals surface area contributed by atoms with Crippen LogP contribution in [0.5, 0.6) is 0 Å². The molecular formula is C12H9F3N2O2S. The Morgan fingerprint density at radius 1 is 0.950 bits per heavy atom. The van der Waals surface area contributed by atoms with E-state index in [1.54, 1.807) is 6.07 Å². The first-order valence-corrected chi connectivity index (χ1v) is 6.82. The van der Waals surface area contributed by atoms with E-state index in [0.717, 1.165) is 0 Å². The van der Waals surface area contributed by atoms with E-state index in [2.05, 4.69) is 0 Å². The van der Waals surface area contributed by atoms with Crippen molar-refractivity contribution in [2.24, 2.45) is 0 Å². The minimum atomic E-state index is -4.42. The number of anilines is 2. The van der Waals surface area contributed by atoms with Crippen LogP contribution in [0.25, 0.3) is 0 Å². The van der Waals surface area contributed by atoms with E-state index in [1.165, 1.54) is 18.2 Å². The van der Waals surface area contributed by atoms with Gasteiger partial charge in [-0.2, -0.15) is 0 Å². The van der Waals surface area contributed by atoms with Crippen LogP contribution in [0.3, 0.4) is 0 Å². The summed E-state index contributed by atoms with van der Waals surface area (Å²) in [4.78, 5) is -1.00. The number of nitrogens with one attached hydrogen (secondary N) is 1. The molecule has 8 heteroatoms. The lowest BCUT2D eigenvalue weighted by atomic mass is 10.3. The molecule has 106 valence electrons. The molecule has 0 saturated heterocycles. The fraction of sp³-hybridized carbons (Fsp3) is 0. The van der Waals surface area contributed by atoms with Gasteiger partial charge in [0.2, 0.25) is 0 Å². The van der Waals surface area contributed by atoms with E-state index in [9.17, 15) is 21.6 Å². The van der Waals surface area contributed by atoms with Gasteiger partial charge in [-0.3, -0.25) is 4.72 Å². The van der Waals surface area contributed by atoms with E-state index in [1.807, 2.05) is 4.72 Å². The standard InChI is InChI=1S/C12H9F3N2O2S/c13-7-5-6-10(12(15)11(7)14)20(18,19)17-9-4-2-1-3-8(9)16/h1-6,17H,16H2. The summed E-state index contributed by atoms with van der Waals surface area (Å²) >= 11 is 0. The molecule has 2 rings (SSSR count). The summed E-state index contributed by atoms with van der Waals surface area (Å²) in [7, 11) is -4.42. The van der Waals surface area contributed by atoms with Crippen molar-refractivity contribution in [3.05, 3.63) is 53.8 Å². The van der Waals surface area contributed by atoms with Crippen LogP contribution < -0.4 is 10.5 Å². The minimum Gasteiger partial charge on any atom is -0.397 e. The van der Waals surface area contributed by atoms with Crippen molar-refractivity contribution in [1.29, 1.82) is 0 Å². The Bertz CT molecular complexity index is 763. The number of nitrogens with two attached hydrogens (primary N) is 1. The van der Waals surface area contributed by atoms with Crippen molar-refractivity contribution in [2.45, 2.75) is 4.90 Å². The summed E-state index contributed by atoms with van der Waals surface area (Å²) in [5, 5.41) is 0. The van der Waals surface area contributed by atoms with Crippen LogP contribution in [-0.2, 0) is 10.0 Å². The Hall–Kier alpha value is -2.22. The van der Waals surface area contributed by atoms with E-state index in [4.69, 9.17) is 5.73 Å². The molecule has 0 aromatic heterocycles. The number of nitrogen functional groups attached to an aromatic ring is 1. The summed E-state index contributed by atoms with van der Waals surface area (Å²) in [6.07, 6.45) is 0. The lowest BCUT2D eigenvalue weighted by Gasteiger charge is -2.11. The van der Waals surface area contributed by atoms with Gasteiger partial charge in [-0.15, -0.1) is 0 Å². The second-order valence-corrected chi connectivity index (χ2v) is 5.52. The third kappa shape index (κ3) is 2.55. The molecule has 0 aliphatic rings. The smallest absolute Gasteiger partial charge is 0.265 e. The maximum Gasteiger partial charge on any atom is 0.265 e. The SMILES string of the molecule is Nc1ccccc1NS(=O)(=O)c1ccc(F)c(F)c1F. The average Bonchev–Trinajstić information content (AvgIpc) is 2.38. The molecule has 0 atom stereocenters. The third-order valence-electron chi connectivity index (χ3n) is 2.49. The third-order valence-corrected chi connectivity index (χ3v) is 3.88. The van der Waals surface area contributed by atoms with Crippen molar-refractivity contribution < 1.29 is 21.6 Å². The van der Waals surface area contributed by atoms with Crippen molar-refractivity contribution in [2.75, 3.05) is 10.5 Å². The fourth-order valence-corrected chi connectivity index (χ4v) is 2.66. The van der Waals surface area contributed by atoms with Crippen molar-refractivity contribution in [3.8, 4) is 0 Å². The second-order valence-electron chi connectivity index (χ2n) is 3.87. The van der Waals surface area contributed by atoms with Gasteiger partial charge in [0.05, 0.1) is 11.4 Å². The Kier molecular flexibility index (Phi) is 3.58. The zero-order valence-electron chi connectivity index (χ0n) is 9.90. The monoisotopic (exact) mass is 302 g/mol. The van der Waals surface area contributed by atoms with E-state index in [0.29, 0.717) is 12.1 Å². The number of sulfonamides is 1. The molecule has 2 aromatic carbocycles. The van der Waals surface area contributed by atoms with Gasteiger partial charge >= 0.3 is 0 Å². The molecule has 0 spiro atoms. The first kappa shape index (κ1) is 14.2. The van der Waals surface area contributed by atoms with Crippen LogP contribution in [0.15, 0.2) is 41.3 Å². The van der Waals surface area contributed by atoms with Crippen LogP contribution in [0.2, 0.25) is 0 Å². The molecular weight excluding hydrogens is 293 g/mol. The summed E-state index contributed by atoms with van der Waals surface area (Å²) < 4.78 is 65.3. The molecule has 0 bridgehead atoms. The number of benzene rings is 2. The van der Waals surface area contributed by atoms with Gasteiger partial charge in [-0.25, -0.2) is 21.6 Å². The molecule has 0 amide bonds. The molecule has 0 unspecified atom stereocenters. The molecule has 3 N–H and O–H groups in total. The average molecular weight is 302 g/mol. The topological polar surface area (TPSA) is 72.2 Å². The number of hydrogen-bond acceptors (Lipinski definition) is 3. The normalized spacial score (nSPS) is 11.3. The first-order valence-electron chi connectivity index (χ1n) is 5.34. The molecule has 0 saturated carbocycles. The first-order chi connectivity index (χ1) is 9.33. The van der Waals surface area contributed by atoms with Crippen LogP contribution in [-0.4, -0.2) is 8.42 Å². The largest absolute Gasteiger partial charge is 0.397 e. The minimum absolute atomic E-state index is 0.0108. The van der Waals surface area contributed by atoms with Crippen LogP contribution in [0.1, 0.15) is 0 Å². The molecule has 2 aromatic rings. The molecule has 0 radical (unpaired) electrons. The molecule has 20 heavy (non-hydrogen) atoms. The highest BCUT2D eigenvalue weighted by Crippen LogP contribution is 2.24. The summed E-state index contributed by atoms with van der Waals surface area (Å²) in [5.74, 6) is -5.11. The predicted octanol–water partition coefficient (Wildman–Crippen LogP) is 2.49. The number of rotatable bonds is 3. The molecule has 0 fully saturated rings. The lowest BCUT2D eigenvalue weighted by molar-refractivity contribution is 0.432. The lowest BCUT2D eigenvalue weighted by Crippen LogP contribution is -2.16. The second kappa shape index (κ2) is 5.04. The predicted molar refractivity (Wildman–Crippen MR) is 68.0 cm³/mol. The van der Waals surface area contributed by atoms with Gasteiger partial charge in [0.25, 0.3) is 10.0 Å². The maximum atomic E-state index is 13.5. The van der Waals surface area contributed by atoms with E-state index >= 15 is 0 Å². The number of halogens is 3. The molecule has 0 heterocycles. The van der Waals surface area contributed by atoms with Crippen molar-refractivity contribution >= 4 is 21.4 Å².